The Balaban J connectivity index is 2.09. The van der Waals surface area contributed by atoms with Gasteiger partial charge in [0.05, 0.1) is 5.69 Å². The van der Waals surface area contributed by atoms with Gasteiger partial charge in [0.1, 0.15) is 0 Å². The van der Waals surface area contributed by atoms with E-state index in [2.05, 4.69) is 42.4 Å². The summed E-state index contributed by atoms with van der Waals surface area (Å²) in [6.07, 6.45) is 4.68. The second-order valence-electron chi connectivity index (χ2n) is 5.52. The topological polar surface area (TPSA) is 33.1 Å². The van der Waals surface area contributed by atoms with Gasteiger partial charge >= 0.3 is 0 Å². The molecule has 0 radical (unpaired) electrons. The normalized spacial score (nSPS) is 24.9. The molecule has 0 bridgehead atoms. The van der Waals surface area contributed by atoms with Crippen LogP contribution in [-0.2, 0) is 7.05 Å². The average Bonchev–Trinajstić information content (AvgIpc) is 2.83. The van der Waals surface area contributed by atoms with E-state index < -0.39 is 0 Å². The predicted molar refractivity (Wildman–Crippen MR) is 74.6 cm³/mol. The summed E-state index contributed by atoms with van der Waals surface area (Å²) in [5, 5.41) is 8.06. The minimum absolute atomic E-state index is 0.531. The summed E-state index contributed by atoms with van der Waals surface area (Å²) in [7, 11) is 4.24. The first-order chi connectivity index (χ1) is 8.63. The Hall–Kier alpha value is -0.870. The van der Waals surface area contributed by atoms with Gasteiger partial charge in [-0.25, -0.2) is 0 Å². The first-order valence-electron chi connectivity index (χ1n) is 7.04. The summed E-state index contributed by atoms with van der Waals surface area (Å²) in [6, 6.07) is 0.531. The van der Waals surface area contributed by atoms with Gasteiger partial charge in [-0.15, -0.1) is 0 Å². The van der Waals surface area contributed by atoms with E-state index in [-0.39, 0.29) is 0 Å². The minimum Gasteiger partial charge on any atom is -0.316 e. The molecule has 102 valence electrons. The van der Waals surface area contributed by atoms with E-state index in [4.69, 9.17) is 0 Å². The van der Waals surface area contributed by atoms with Crippen LogP contribution in [0.25, 0.3) is 0 Å². The van der Waals surface area contributed by atoms with Crippen molar-refractivity contribution < 1.29 is 0 Å². The molecule has 1 saturated heterocycles. The number of hydrogen-bond acceptors (Lipinski definition) is 3. The first kappa shape index (κ1) is 13.6. The molecule has 0 saturated carbocycles. The zero-order valence-corrected chi connectivity index (χ0v) is 12.1. The van der Waals surface area contributed by atoms with Crippen molar-refractivity contribution in [1.82, 2.24) is 20.0 Å². The molecule has 0 spiro atoms. The lowest BCUT2D eigenvalue weighted by molar-refractivity contribution is 0.271. The third-order valence-electron chi connectivity index (χ3n) is 3.98. The first-order valence-corrected chi connectivity index (χ1v) is 7.04. The molecule has 1 N–H and O–H groups in total. The fraction of sp³-hybridized carbons (Fsp3) is 0.786. The Morgan fingerprint density at radius 3 is 2.83 bits per heavy atom. The van der Waals surface area contributed by atoms with E-state index in [1.165, 1.54) is 30.6 Å². The zero-order chi connectivity index (χ0) is 13.1. The molecule has 0 aromatic carbocycles. The van der Waals surface area contributed by atoms with E-state index in [9.17, 15) is 0 Å². The molecule has 1 aromatic rings. The van der Waals surface area contributed by atoms with E-state index in [1.807, 2.05) is 11.7 Å². The molecule has 1 aromatic heterocycles. The molecule has 2 unspecified atom stereocenters. The lowest BCUT2D eigenvalue weighted by Crippen LogP contribution is -2.29. The van der Waals surface area contributed by atoms with Crippen molar-refractivity contribution in [3.63, 3.8) is 0 Å². The Morgan fingerprint density at radius 2 is 2.22 bits per heavy atom. The molecular formula is C14H26N4. The quantitative estimate of drug-likeness (QED) is 0.808. The number of likely N-dealkylation sites (tertiary alicyclic amines) is 1. The van der Waals surface area contributed by atoms with Gasteiger partial charge in [-0.05, 0) is 52.4 Å². The van der Waals surface area contributed by atoms with Crippen molar-refractivity contribution in [3.05, 3.63) is 17.5 Å². The lowest BCUT2D eigenvalue weighted by atomic mass is 9.94. The van der Waals surface area contributed by atoms with E-state index in [0.717, 1.165) is 13.1 Å². The molecule has 18 heavy (non-hydrogen) atoms. The highest BCUT2D eigenvalue weighted by atomic mass is 15.3. The molecule has 1 fully saturated rings. The van der Waals surface area contributed by atoms with E-state index in [1.54, 1.807) is 0 Å². The van der Waals surface area contributed by atoms with Crippen LogP contribution in [0.15, 0.2) is 6.20 Å². The summed E-state index contributed by atoms with van der Waals surface area (Å²) in [5.74, 6) is 0.712. The summed E-state index contributed by atoms with van der Waals surface area (Å²) >= 11 is 0. The number of hydrogen-bond donors (Lipinski definition) is 1. The molecule has 1 aliphatic rings. The number of nitrogens with zero attached hydrogens (tertiary/aromatic N) is 3. The van der Waals surface area contributed by atoms with Crippen molar-refractivity contribution in [2.45, 2.75) is 32.7 Å². The van der Waals surface area contributed by atoms with Gasteiger partial charge < -0.3 is 5.32 Å². The standard InChI is InChI=1S/C14H26N4/c1-5-7-15-9-12-6-8-17(3)14(12)13-10-18(4)16-11(13)2/h10,12,14-15H,5-9H2,1-4H3. The average molecular weight is 250 g/mol. The maximum absolute atomic E-state index is 4.49. The SMILES string of the molecule is CCCNCC1CCN(C)C1c1cn(C)nc1C. The van der Waals surface area contributed by atoms with Crippen molar-refractivity contribution in [2.24, 2.45) is 13.0 Å². The number of aromatic nitrogens is 2. The maximum atomic E-state index is 4.49. The molecule has 2 atom stereocenters. The molecule has 2 rings (SSSR count). The number of nitrogens with one attached hydrogen (secondary N) is 1. The van der Waals surface area contributed by atoms with Gasteiger partial charge in [-0.2, -0.15) is 5.10 Å². The predicted octanol–water partition coefficient (Wildman–Crippen LogP) is 1.72. The van der Waals surface area contributed by atoms with Crippen molar-refractivity contribution in [2.75, 3.05) is 26.7 Å². The molecule has 2 heterocycles. The van der Waals surface area contributed by atoms with Crippen LogP contribution in [0.2, 0.25) is 0 Å². The van der Waals surface area contributed by atoms with E-state index >= 15 is 0 Å². The van der Waals surface area contributed by atoms with E-state index in [0.29, 0.717) is 12.0 Å². The van der Waals surface area contributed by atoms with Crippen LogP contribution in [0.1, 0.15) is 37.1 Å². The van der Waals surface area contributed by atoms with Crippen LogP contribution in [-0.4, -0.2) is 41.4 Å². The molecule has 4 nitrogen and oxygen atoms in total. The maximum Gasteiger partial charge on any atom is 0.0641 e. The minimum atomic E-state index is 0.531. The summed E-state index contributed by atoms with van der Waals surface area (Å²) in [5.41, 5.74) is 2.58. The molecule has 0 aliphatic carbocycles. The largest absolute Gasteiger partial charge is 0.316 e. The molecular weight excluding hydrogens is 224 g/mol. The Labute approximate surface area is 110 Å². The zero-order valence-electron chi connectivity index (χ0n) is 12.1. The second-order valence-corrected chi connectivity index (χ2v) is 5.52. The smallest absolute Gasteiger partial charge is 0.0641 e. The monoisotopic (exact) mass is 250 g/mol. The van der Waals surface area contributed by atoms with Crippen LogP contribution in [0.3, 0.4) is 0 Å². The molecule has 1 aliphatic heterocycles. The van der Waals surface area contributed by atoms with Crippen LogP contribution < -0.4 is 5.32 Å². The Kier molecular flexibility index (Phi) is 4.40. The van der Waals surface area contributed by atoms with Crippen LogP contribution in [0.4, 0.5) is 0 Å². The van der Waals surface area contributed by atoms with Crippen LogP contribution in [0, 0.1) is 12.8 Å². The lowest BCUT2D eigenvalue weighted by Gasteiger charge is -2.25. The Morgan fingerprint density at radius 1 is 1.44 bits per heavy atom. The summed E-state index contributed by atoms with van der Waals surface area (Å²) < 4.78 is 1.94. The highest BCUT2D eigenvalue weighted by molar-refractivity contribution is 5.22. The Bertz CT molecular complexity index is 385. The number of rotatable bonds is 5. The summed E-state index contributed by atoms with van der Waals surface area (Å²) in [6.45, 7) is 7.78. The van der Waals surface area contributed by atoms with Gasteiger partial charge in [-0.1, -0.05) is 6.92 Å². The summed E-state index contributed by atoms with van der Waals surface area (Å²) in [4.78, 5) is 2.47. The fourth-order valence-electron chi connectivity index (χ4n) is 3.10. The number of aryl methyl sites for hydroxylation is 2. The van der Waals surface area contributed by atoms with Gasteiger partial charge in [0.25, 0.3) is 0 Å². The third kappa shape index (κ3) is 2.75. The van der Waals surface area contributed by atoms with Crippen molar-refractivity contribution in [1.29, 1.82) is 0 Å². The highest BCUT2D eigenvalue weighted by Crippen LogP contribution is 2.36. The fourth-order valence-corrected chi connectivity index (χ4v) is 3.10. The molecule has 0 amide bonds. The van der Waals surface area contributed by atoms with Gasteiger partial charge in [0.2, 0.25) is 0 Å². The van der Waals surface area contributed by atoms with Crippen molar-refractivity contribution >= 4 is 0 Å². The van der Waals surface area contributed by atoms with Crippen LogP contribution >= 0.6 is 0 Å². The molecule has 4 heteroatoms. The van der Waals surface area contributed by atoms with Gasteiger partial charge in [0, 0.05) is 24.8 Å². The third-order valence-corrected chi connectivity index (χ3v) is 3.98. The van der Waals surface area contributed by atoms with Crippen LogP contribution in [0.5, 0.6) is 0 Å². The van der Waals surface area contributed by atoms with Gasteiger partial charge in [0.15, 0.2) is 0 Å². The second kappa shape index (κ2) is 5.85. The highest BCUT2D eigenvalue weighted by Gasteiger charge is 2.34. The van der Waals surface area contributed by atoms with Gasteiger partial charge in [-0.3, -0.25) is 9.58 Å². The van der Waals surface area contributed by atoms with Crippen molar-refractivity contribution in [3.8, 4) is 0 Å².